The van der Waals surface area contributed by atoms with Crippen LogP contribution >= 0.6 is 0 Å². The van der Waals surface area contributed by atoms with Crippen LogP contribution in [0.25, 0.3) is 0 Å². The van der Waals surface area contributed by atoms with Crippen LogP contribution in [0.2, 0.25) is 0 Å². The van der Waals surface area contributed by atoms with Gasteiger partial charge in [0.1, 0.15) is 5.54 Å². The summed E-state index contributed by atoms with van der Waals surface area (Å²) in [6.45, 7) is 4.06. The SMILES string of the molecule is CCC[C@]1(C)NC(=O)N(C[C@H](O)COCc2ccccc2)C1=O. The fourth-order valence-corrected chi connectivity index (χ4v) is 2.73. The number of amides is 3. The summed E-state index contributed by atoms with van der Waals surface area (Å²) in [5.74, 6) is -0.286. The number of benzene rings is 1. The third kappa shape index (κ3) is 4.30. The second-order valence-corrected chi connectivity index (χ2v) is 6.08. The zero-order chi connectivity index (χ0) is 16.9. The Kier molecular flexibility index (Phi) is 5.74. The van der Waals surface area contributed by atoms with Crippen LogP contribution in [0.4, 0.5) is 4.79 Å². The van der Waals surface area contributed by atoms with Gasteiger partial charge in [-0.1, -0.05) is 43.7 Å². The zero-order valence-electron chi connectivity index (χ0n) is 13.6. The number of aliphatic hydroxyl groups excluding tert-OH is 1. The topological polar surface area (TPSA) is 78.9 Å². The number of rotatable bonds is 8. The summed E-state index contributed by atoms with van der Waals surface area (Å²) >= 11 is 0. The number of carbonyl (C=O) groups excluding carboxylic acids is 2. The van der Waals surface area contributed by atoms with Crippen LogP contribution in [0.3, 0.4) is 0 Å². The molecule has 1 aromatic rings. The van der Waals surface area contributed by atoms with Crippen molar-refractivity contribution in [1.29, 1.82) is 0 Å². The van der Waals surface area contributed by atoms with E-state index in [-0.39, 0.29) is 19.1 Å². The number of nitrogens with zero attached hydrogens (tertiary/aromatic N) is 1. The van der Waals surface area contributed by atoms with Crippen molar-refractivity contribution in [3.8, 4) is 0 Å². The van der Waals surface area contributed by atoms with E-state index >= 15 is 0 Å². The molecule has 0 unspecified atom stereocenters. The summed E-state index contributed by atoms with van der Waals surface area (Å²) in [4.78, 5) is 25.4. The van der Waals surface area contributed by atoms with Gasteiger partial charge in [0, 0.05) is 0 Å². The maximum atomic E-state index is 12.3. The molecule has 0 radical (unpaired) electrons. The largest absolute Gasteiger partial charge is 0.389 e. The molecule has 0 aliphatic carbocycles. The molecule has 1 aliphatic rings. The van der Waals surface area contributed by atoms with E-state index in [1.807, 2.05) is 37.3 Å². The lowest BCUT2D eigenvalue weighted by Gasteiger charge is -2.22. The predicted molar refractivity (Wildman–Crippen MR) is 85.7 cm³/mol. The number of urea groups is 1. The molecule has 2 atom stereocenters. The van der Waals surface area contributed by atoms with E-state index in [1.165, 1.54) is 0 Å². The molecule has 0 bridgehead atoms. The molecule has 2 rings (SSSR count). The summed E-state index contributed by atoms with van der Waals surface area (Å²) in [7, 11) is 0. The van der Waals surface area contributed by atoms with Crippen molar-refractivity contribution in [1.82, 2.24) is 10.2 Å². The number of hydrogen-bond donors (Lipinski definition) is 2. The van der Waals surface area contributed by atoms with Crippen LogP contribution in [-0.4, -0.2) is 46.7 Å². The predicted octanol–water partition coefficient (Wildman–Crippen LogP) is 1.67. The minimum absolute atomic E-state index is 0.0568. The van der Waals surface area contributed by atoms with Crippen LogP contribution in [0, 0.1) is 0 Å². The average Bonchev–Trinajstić information content (AvgIpc) is 2.72. The molecule has 3 amide bonds. The molecule has 6 heteroatoms. The second kappa shape index (κ2) is 7.57. The van der Waals surface area contributed by atoms with Crippen molar-refractivity contribution in [2.45, 2.75) is 44.9 Å². The number of hydrogen-bond acceptors (Lipinski definition) is 4. The van der Waals surface area contributed by atoms with Gasteiger partial charge in [-0.15, -0.1) is 0 Å². The fraction of sp³-hybridized carbons (Fsp3) is 0.529. The molecular weight excluding hydrogens is 296 g/mol. The number of imide groups is 1. The van der Waals surface area contributed by atoms with Crippen molar-refractivity contribution in [2.75, 3.05) is 13.2 Å². The minimum Gasteiger partial charge on any atom is -0.389 e. The number of aliphatic hydroxyl groups is 1. The highest BCUT2D eigenvalue weighted by molar-refractivity contribution is 6.06. The molecular formula is C17H24N2O4. The van der Waals surface area contributed by atoms with Gasteiger partial charge in [0.05, 0.1) is 25.9 Å². The Bertz CT molecular complexity index is 549. The van der Waals surface area contributed by atoms with E-state index < -0.39 is 17.7 Å². The van der Waals surface area contributed by atoms with Gasteiger partial charge in [0.2, 0.25) is 0 Å². The van der Waals surface area contributed by atoms with Crippen LogP contribution in [0.15, 0.2) is 30.3 Å². The van der Waals surface area contributed by atoms with Gasteiger partial charge >= 0.3 is 6.03 Å². The van der Waals surface area contributed by atoms with Crippen molar-refractivity contribution in [2.24, 2.45) is 0 Å². The van der Waals surface area contributed by atoms with Crippen molar-refractivity contribution in [3.63, 3.8) is 0 Å². The monoisotopic (exact) mass is 320 g/mol. The van der Waals surface area contributed by atoms with E-state index in [1.54, 1.807) is 6.92 Å². The number of nitrogens with one attached hydrogen (secondary N) is 1. The van der Waals surface area contributed by atoms with Crippen LogP contribution in [0.5, 0.6) is 0 Å². The van der Waals surface area contributed by atoms with Crippen molar-refractivity contribution < 1.29 is 19.4 Å². The van der Waals surface area contributed by atoms with E-state index in [0.29, 0.717) is 13.0 Å². The van der Waals surface area contributed by atoms with Gasteiger partial charge in [-0.3, -0.25) is 9.69 Å². The first-order valence-electron chi connectivity index (χ1n) is 7.90. The Hall–Kier alpha value is -1.92. The smallest absolute Gasteiger partial charge is 0.325 e. The maximum absolute atomic E-state index is 12.3. The summed E-state index contributed by atoms with van der Waals surface area (Å²) in [6.07, 6.45) is 0.464. The first kappa shape index (κ1) is 17.4. The Morgan fingerprint density at radius 2 is 2.00 bits per heavy atom. The molecule has 0 spiro atoms. The van der Waals surface area contributed by atoms with E-state index in [0.717, 1.165) is 16.9 Å². The molecule has 6 nitrogen and oxygen atoms in total. The zero-order valence-corrected chi connectivity index (χ0v) is 13.6. The fourth-order valence-electron chi connectivity index (χ4n) is 2.73. The molecule has 23 heavy (non-hydrogen) atoms. The highest BCUT2D eigenvalue weighted by Crippen LogP contribution is 2.22. The Balaban J connectivity index is 1.82. The summed E-state index contributed by atoms with van der Waals surface area (Å²) in [5.41, 5.74) is 0.140. The van der Waals surface area contributed by atoms with E-state index in [9.17, 15) is 14.7 Å². The maximum Gasteiger partial charge on any atom is 0.325 e. The Morgan fingerprint density at radius 3 is 2.65 bits per heavy atom. The molecule has 0 saturated carbocycles. The molecule has 0 aromatic heterocycles. The first-order chi connectivity index (χ1) is 11.0. The van der Waals surface area contributed by atoms with Crippen LogP contribution in [0.1, 0.15) is 32.3 Å². The standard InChI is InChI=1S/C17H24N2O4/c1-3-9-17(2)15(21)19(16(22)18-17)10-14(20)12-23-11-13-7-5-4-6-8-13/h4-8,14,20H,3,9-12H2,1-2H3,(H,18,22)/t14-,17-/m0/s1. The third-order valence-electron chi connectivity index (χ3n) is 3.91. The van der Waals surface area contributed by atoms with Gasteiger partial charge in [0.25, 0.3) is 5.91 Å². The quantitative estimate of drug-likeness (QED) is 0.714. The summed E-state index contributed by atoms with van der Waals surface area (Å²) < 4.78 is 5.44. The lowest BCUT2D eigenvalue weighted by atomic mass is 9.96. The van der Waals surface area contributed by atoms with Gasteiger partial charge < -0.3 is 15.2 Å². The Morgan fingerprint density at radius 1 is 1.30 bits per heavy atom. The normalized spacial score (nSPS) is 22.3. The van der Waals surface area contributed by atoms with Crippen LogP contribution in [-0.2, 0) is 16.1 Å². The second-order valence-electron chi connectivity index (χ2n) is 6.08. The molecule has 1 heterocycles. The molecule has 126 valence electrons. The lowest BCUT2D eigenvalue weighted by molar-refractivity contribution is -0.132. The molecule has 1 fully saturated rings. The average molecular weight is 320 g/mol. The Labute approximate surface area is 136 Å². The van der Waals surface area contributed by atoms with E-state index in [2.05, 4.69) is 5.32 Å². The number of ether oxygens (including phenoxy) is 1. The van der Waals surface area contributed by atoms with Crippen molar-refractivity contribution in [3.05, 3.63) is 35.9 Å². The minimum atomic E-state index is -0.905. The molecule has 1 aliphatic heterocycles. The molecule has 1 saturated heterocycles. The summed E-state index contributed by atoms with van der Waals surface area (Å²) in [6, 6.07) is 9.16. The lowest BCUT2D eigenvalue weighted by Crippen LogP contribution is -2.44. The summed E-state index contributed by atoms with van der Waals surface area (Å²) in [5, 5.41) is 12.7. The van der Waals surface area contributed by atoms with Gasteiger partial charge in [0.15, 0.2) is 0 Å². The highest BCUT2D eigenvalue weighted by atomic mass is 16.5. The van der Waals surface area contributed by atoms with Gasteiger partial charge in [-0.25, -0.2) is 4.79 Å². The van der Waals surface area contributed by atoms with Crippen LogP contribution < -0.4 is 5.32 Å². The van der Waals surface area contributed by atoms with Gasteiger partial charge in [-0.05, 0) is 18.9 Å². The first-order valence-corrected chi connectivity index (χ1v) is 7.90. The number of β-amino-alcohol motifs (C(OH)–C–C–N with tert-alkyl or cyclic N) is 1. The van der Waals surface area contributed by atoms with Crippen molar-refractivity contribution >= 4 is 11.9 Å². The number of carbonyl (C=O) groups is 2. The van der Waals surface area contributed by atoms with Gasteiger partial charge in [-0.2, -0.15) is 0 Å². The molecule has 2 N–H and O–H groups in total. The third-order valence-corrected chi connectivity index (χ3v) is 3.91. The van der Waals surface area contributed by atoms with E-state index in [4.69, 9.17) is 4.74 Å². The highest BCUT2D eigenvalue weighted by Gasteiger charge is 2.47. The molecule has 1 aromatic carbocycles.